The summed E-state index contributed by atoms with van der Waals surface area (Å²) in [7, 11) is -5.67. The molecule has 0 spiro atoms. The summed E-state index contributed by atoms with van der Waals surface area (Å²) >= 11 is 0. The van der Waals surface area contributed by atoms with E-state index in [2.05, 4.69) is 5.32 Å². The summed E-state index contributed by atoms with van der Waals surface area (Å²) in [6.07, 6.45) is -0.531. The summed E-state index contributed by atoms with van der Waals surface area (Å²) in [5, 5.41) is 11.7. The van der Waals surface area contributed by atoms with Gasteiger partial charge in [-0.25, -0.2) is 12.8 Å². The van der Waals surface area contributed by atoms with Crippen LogP contribution in [-0.2, 0) is 9.84 Å². The predicted molar refractivity (Wildman–Crippen MR) is 64.4 cm³/mol. The number of aliphatic hydroxyl groups is 1. The molecule has 2 N–H and O–H groups in total. The highest BCUT2D eigenvalue weighted by atomic mass is 32.2. The summed E-state index contributed by atoms with van der Waals surface area (Å²) in [5.74, 6) is -1.10. The molecule has 0 aliphatic rings. The van der Waals surface area contributed by atoms with E-state index in [1.54, 1.807) is 6.92 Å². The van der Waals surface area contributed by atoms with Crippen molar-refractivity contribution in [2.45, 2.75) is 29.9 Å². The molecule has 0 saturated heterocycles. The first kappa shape index (κ1) is 16.7. The zero-order valence-corrected chi connectivity index (χ0v) is 11.2. The Morgan fingerprint density at radius 3 is 2.45 bits per heavy atom. The van der Waals surface area contributed by atoms with Gasteiger partial charge in [-0.15, -0.1) is 0 Å². The maximum absolute atomic E-state index is 13.0. The molecule has 20 heavy (non-hydrogen) atoms. The van der Waals surface area contributed by atoms with Crippen molar-refractivity contribution in [2.24, 2.45) is 0 Å². The Bertz CT molecular complexity index is 572. The van der Waals surface area contributed by atoms with Crippen LogP contribution in [0.3, 0.4) is 0 Å². The molecule has 0 aliphatic heterocycles. The molecule has 1 aromatic carbocycles. The lowest BCUT2D eigenvalue weighted by molar-refractivity contribution is -0.0435. The Kier molecular flexibility index (Phi) is 4.98. The van der Waals surface area contributed by atoms with Gasteiger partial charge >= 0.3 is 5.51 Å². The first-order chi connectivity index (χ1) is 9.09. The molecule has 4 nitrogen and oxygen atoms in total. The van der Waals surface area contributed by atoms with Crippen LogP contribution in [-0.4, -0.2) is 31.7 Å². The third-order valence-corrected chi connectivity index (χ3v) is 4.06. The highest BCUT2D eigenvalue weighted by Crippen LogP contribution is 2.34. The number of nitrogens with one attached hydrogen (secondary N) is 1. The standard InChI is InChI=1S/C11H13F4NO3S/c1-2-8(17)6-16-9-4-3-7(12)5-10(9)20(18,19)11(13,14)15/h3-5,8,16-17H,2,6H2,1H3. The summed E-state index contributed by atoms with van der Waals surface area (Å²) < 4.78 is 73.2. The first-order valence-electron chi connectivity index (χ1n) is 5.62. The third-order valence-electron chi connectivity index (χ3n) is 2.54. The van der Waals surface area contributed by atoms with Gasteiger partial charge in [0.1, 0.15) is 10.7 Å². The van der Waals surface area contributed by atoms with Crippen molar-refractivity contribution in [1.29, 1.82) is 0 Å². The normalized spacial score (nSPS) is 14.1. The summed E-state index contributed by atoms with van der Waals surface area (Å²) in [6, 6.07) is 2.01. The quantitative estimate of drug-likeness (QED) is 0.818. The fourth-order valence-electron chi connectivity index (χ4n) is 1.36. The Labute approximate surface area is 113 Å². The fraction of sp³-hybridized carbons (Fsp3) is 0.455. The van der Waals surface area contributed by atoms with Gasteiger partial charge < -0.3 is 10.4 Å². The van der Waals surface area contributed by atoms with Crippen molar-refractivity contribution in [3.8, 4) is 0 Å². The van der Waals surface area contributed by atoms with Crippen LogP contribution >= 0.6 is 0 Å². The summed E-state index contributed by atoms with van der Waals surface area (Å²) in [4.78, 5) is -1.20. The van der Waals surface area contributed by atoms with E-state index in [1.807, 2.05) is 0 Å². The van der Waals surface area contributed by atoms with Crippen LogP contribution in [0.2, 0.25) is 0 Å². The molecule has 1 atom stereocenters. The average Bonchev–Trinajstić information content (AvgIpc) is 2.35. The number of hydrogen-bond donors (Lipinski definition) is 2. The van der Waals surface area contributed by atoms with Crippen molar-refractivity contribution >= 4 is 15.5 Å². The second-order valence-electron chi connectivity index (χ2n) is 4.03. The monoisotopic (exact) mass is 315 g/mol. The van der Waals surface area contributed by atoms with Gasteiger partial charge in [-0.05, 0) is 24.6 Å². The van der Waals surface area contributed by atoms with Crippen LogP contribution in [0.25, 0.3) is 0 Å². The third kappa shape index (κ3) is 3.60. The lowest BCUT2D eigenvalue weighted by Crippen LogP contribution is -2.26. The van der Waals surface area contributed by atoms with Gasteiger partial charge in [-0.2, -0.15) is 13.2 Å². The molecule has 1 aromatic rings. The molecular formula is C11H13F4NO3S. The molecule has 0 heterocycles. The van der Waals surface area contributed by atoms with Gasteiger partial charge in [0, 0.05) is 6.54 Å². The van der Waals surface area contributed by atoms with Crippen LogP contribution in [0.4, 0.5) is 23.2 Å². The largest absolute Gasteiger partial charge is 0.501 e. The lowest BCUT2D eigenvalue weighted by atomic mass is 10.2. The number of rotatable bonds is 5. The van der Waals surface area contributed by atoms with Gasteiger partial charge in [-0.3, -0.25) is 0 Å². The SMILES string of the molecule is CCC(O)CNc1ccc(F)cc1S(=O)(=O)C(F)(F)F. The molecule has 0 bridgehead atoms. The van der Waals surface area contributed by atoms with Gasteiger partial charge in [0.25, 0.3) is 9.84 Å². The van der Waals surface area contributed by atoms with Gasteiger partial charge in [0.15, 0.2) is 0 Å². The number of anilines is 1. The van der Waals surface area contributed by atoms with E-state index in [9.17, 15) is 31.1 Å². The zero-order chi connectivity index (χ0) is 15.6. The van der Waals surface area contributed by atoms with Crippen molar-refractivity contribution in [3.63, 3.8) is 0 Å². The lowest BCUT2D eigenvalue weighted by Gasteiger charge is -2.16. The summed E-state index contributed by atoms with van der Waals surface area (Å²) in [6.45, 7) is 1.49. The minimum atomic E-state index is -5.67. The molecule has 0 fully saturated rings. The summed E-state index contributed by atoms with van der Waals surface area (Å²) in [5.41, 5.74) is -5.93. The van der Waals surface area contributed by atoms with Crippen molar-refractivity contribution < 1.29 is 31.1 Å². The van der Waals surface area contributed by atoms with E-state index in [1.165, 1.54) is 0 Å². The number of benzene rings is 1. The van der Waals surface area contributed by atoms with Crippen molar-refractivity contribution in [2.75, 3.05) is 11.9 Å². The Morgan fingerprint density at radius 1 is 1.35 bits per heavy atom. The van der Waals surface area contributed by atoms with E-state index in [4.69, 9.17) is 0 Å². The molecule has 0 radical (unpaired) electrons. The predicted octanol–water partition coefficient (Wildman–Crippen LogP) is 2.30. The number of sulfone groups is 1. The molecule has 0 aliphatic carbocycles. The van der Waals surface area contributed by atoms with E-state index in [0.717, 1.165) is 12.1 Å². The first-order valence-corrected chi connectivity index (χ1v) is 7.10. The zero-order valence-electron chi connectivity index (χ0n) is 10.4. The highest BCUT2D eigenvalue weighted by Gasteiger charge is 2.48. The minimum absolute atomic E-state index is 0.150. The molecule has 1 unspecified atom stereocenters. The van der Waals surface area contributed by atoms with Crippen molar-refractivity contribution in [3.05, 3.63) is 24.0 Å². The van der Waals surface area contributed by atoms with Gasteiger partial charge in [-0.1, -0.05) is 6.92 Å². The molecule has 9 heteroatoms. The molecule has 0 saturated carbocycles. The van der Waals surface area contributed by atoms with E-state index in [-0.39, 0.29) is 6.54 Å². The van der Waals surface area contributed by atoms with Crippen LogP contribution in [0.1, 0.15) is 13.3 Å². The molecule has 0 amide bonds. The van der Waals surface area contributed by atoms with Crippen LogP contribution in [0.5, 0.6) is 0 Å². The van der Waals surface area contributed by atoms with Crippen LogP contribution < -0.4 is 5.32 Å². The maximum Gasteiger partial charge on any atom is 0.501 e. The molecule has 0 aromatic heterocycles. The van der Waals surface area contributed by atoms with Crippen molar-refractivity contribution in [1.82, 2.24) is 0 Å². The molecule has 1 rings (SSSR count). The number of alkyl halides is 3. The van der Waals surface area contributed by atoms with Gasteiger partial charge in [0.2, 0.25) is 0 Å². The number of hydrogen-bond acceptors (Lipinski definition) is 4. The highest BCUT2D eigenvalue weighted by molar-refractivity contribution is 7.92. The van der Waals surface area contributed by atoms with E-state index < -0.39 is 37.8 Å². The number of aliphatic hydroxyl groups excluding tert-OH is 1. The smallest absolute Gasteiger partial charge is 0.391 e. The van der Waals surface area contributed by atoms with Crippen LogP contribution in [0.15, 0.2) is 23.1 Å². The number of halogens is 4. The Hall–Kier alpha value is -1.35. The molecule has 114 valence electrons. The minimum Gasteiger partial charge on any atom is -0.391 e. The average molecular weight is 315 g/mol. The van der Waals surface area contributed by atoms with E-state index in [0.29, 0.717) is 12.5 Å². The second-order valence-corrected chi connectivity index (χ2v) is 5.94. The second kappa shape index (κ2) is 5.96. The topological polar surface area (TPSA) is 66.4 Å². The van der Waals surface area contributed by atoms with E-state index >= 15 is 0 Å². The van der Waals surface area contributed by atoms with Crippen LogP contribution in [0, 0.1) is 5.82 Å². The Balaban J connectivity index is 3.22. The Morgan fingerprint density at radius 2 is 1.95 bits per heavy atom. The maximum atomic E-state index is 13.0. The molecular weight excluding hydrogens is 302 g/mol. The fourth-order valence-corrected chi connectivity index (χ4v) is 2.31. The van der Waals surface area contributed by atoms with Gasteiger partial charge in [0.05, 0.1) is 11.8 Å².